The van der Waals surface area contributed by atoms with E-state index in [1.807, 2.05) is 6.92 Å². The lowest BCUT2D eigenvalue weighted by Gasteiger charge is -2.24. The quantitative estimate of drug-likeness (QED) is 0.380. The summed E-state index contributed by atoms with van der Waals surface area (Å²) >= 11 is 3.31. The molecule has 3 aromatic rings. The predicted octanol–water partition coefficient (Wildman–Crippen LogP) is 4.30. The second-order valence-electron chi connectivity index (χ2n) is 7.30. The Labute approximate surface area is 206 Å². The average Bonchev–Trinajstić information content (AvgIpc) is 2.82. The molecule has 1 amide bonds. The van der Waals surface area contributed by atoms with Crippen molar-refractivity contribution in [1.29, 1.82) is 0 Å². The van der Waals surface area contributed by atoms with Gasteiger partial charge in [-0.2, -0.15) is 0 Å². The van der Waals surface area contributed by atoms with Crippen molar-refractivity contribution in [3.8, 4) is 11.5 Å². The van der Waals surface area contributed by atoms with Crippen LogP contribution in [0.1, 0.15) is 5.56 Å². The van der Waals surface area contributed by atoms with Crippen LogP contribution in [0.5, 0.6) is 11.5 Å². The first kappa shape index (κ1) is 25.5. The fraction of sp³-hybridized carbons (Fsp3) is 0.208. The Morgan fingerprint density at radius 3 is 2.35 bits per heavy atom. The number of aryl methyl sites for hydroxylation is 1. The summed E-state index contributed by atoms with van der Waals surface area (Å²) in [6.45, 7) is 1.74. The second-order valence-corrected chi connectivity index (χ2v) is 10.0. The van der Waals surface area contributed by atoms with E-state index in [1.165, 1.54) is 49.6 Å². The van der Waals surface area contributed by atoms with Crippen LogP contribution in [0.3, 0.4) is 0 Å². The number of hydrogen-bond acceptors (Lipinski definition) is 5. The zero-order valence-electron chi connectivity index (χ0n) is 18.6. The zero-order chi connectivity index (χ0) is 24.7. The summed E-state index contributed by atoms with van der Waals surface area (Å²) in [6.07, 6.45) is 0. The van der Waals surface area contributed by atoms with Gasteiger partial charge in [0.05, 0.1) is 28.7 Å². The van der Waals surface area contributed by atoms with Crippen molar-refractivity contribution in [2.24, 2.45) is 0 Å². The van der Waals surface area contributed by atoms with Gasteiger partial charge >= 0.3 is 0 Å². The summed E-state index contributed by atoms with van der Waals surface area (Å²) in [7, 11) is -2.58. The SMILES string of the molecule is COc1ccc(S(=O)(=O)N(CC(=O)NCCOc2ccc(F)cc2)c2ccc(C)cc2)cc1Br. The minimum Gasteiger partial charge on any atom is -0.496 e. The number of sulfonamides is 1. The molecule has 0 heterocycles. The van der Waals surface area contributed by atoms with Crippen molar-refractivity contribution >= 4 is 37.5 Å². The highest BCUT2D eigenvalue weighted by Gasteiger charge is 2.28. The van der Waals surface area contributed by atoms with E-state index in [4.69, 9.17) is 9.47 Å². The van der Waals surface area contributed by atoms with Gasteiger partial charge in [0.15, 0.2) is 0 Å². The van der Waals surface area contributed by atoms with Gasteiger partial charge in [0.25, 0.3) is 10.0 Å². The number of carbonyl (C=O) groups is 1. The van der Waals surface area contributed by atoms with Crippen LogP contribution in [-0.4, -0.2) is 41.1 Å². The third-order valence-corrected chi connectivity index (χ3v) is 7.22. The molecule has 0 aliphatic heterocycles. The summed E-state index contributed by atoms with van der Waals surface area (Å²) in [5.41, 5.74) is 1.31. The van der Waals surface area contributed by atoms with Gasteiger partial charge in [0.1, 0.15) is 30.5 Å². The third-order valence-electron chi connectivity index (χ3n) is 4.83. The maximum absolute atomic E-state index is 13.5. The normalized spacial score (nSPS) is 11.1. The van der Waals surface area contributed by atoms with Crippen LogP contribution < -0.4 is 19.1 Å². The van der Waals surface area contributed by atoms with E-state index in [0.717, 1.165) is 9.87 Å². The Morgan fingerprint density at radius 2 is 1.74 bits per heavy atom. The number of halogens is 2. The highest BCUT2D eigenvalue weighted by atomic mass is 79.9. The van der Waals surface area contributed by atoms with Gasteiger partial charge in [-0.15, -0.1) is 0 Å². The molecule has 0 radical (unpaired) electrons. The summed E-state index contributed by atoms with van der Waals surface area (Å²) in [6, 6.07) is 16.8. The molecule has 0 aliphatic carbocycles. The van der Waals surface area contributed by atoms with Gasteiger partial charge in [0.2, 0.25) is 5.91 Å². The monoisotopic (exact) mass is 550 g/mol. The van der Waals surface area contributed by atoms with E-state index >= 15 is 0 Å². The van der Waals surface area contributed by atoms with Crippen molar-refractivity contribution < 1.29 is 27.1 Å². The number of amides is 1. The van der Waals surface area contributed by atoms with Gasteiger partial charge in [-0.25, -0.2) is 12.8 Å². The summed E-state index contributed by atoms with van der Waals surface area (Å²) in [5.74, 6) is 0.0747. The molecule has 0 saturated heterocycles. The Kier molecular flexibility index (Phi) is 8.51. The molecule has 34 heavy (non-hydrogen) atoms. The maximum Gasteiger partial charge on any atom is 0.264 e. The van der Waals surface area contributed by atoms with Crippen LogP contribution in [0.25, 0.3) is 0 Å². The minimum atomic E-state index is -4.07. The molecule has 0 atom stereocenters. The van der Waals surface area contributed by atoms with Crippen LogP contribution in [-0.2, 0) is 14.8 Å². The van der Waals surface area contributed by atoms with E-state index < -0.39 is 22.5 Å². The van der Waals surface area contributed by atoms with E-state index in [2.05, 4.69) is 21.2 Å². The fourth-order valence-electron chi connectivity index (χ4n) is 3.04. The lowest BCUT2D eigenvalue weighted by atomic mass is 10.2. The predicted molar refractivity (Wildman–Crippen MR) is 131 cm³/mol. The molecule has 0 saturated carbocycles. The van der Waals surface area contributed by atoms with Crippen LogP contribution in [0.2, 0.25) is 0 Å². The highest BCUT2D eigenvalue weighted by Crippen LogP contribution is 2.30. The Morgan fingerprint density at radius 1 is 1.06 bits per heavy atom. The molecule has 180 valence electrons. The van der Waals surface area contributed by atoms with E-state index in [0.29, 0.717) is 21.7 Å². The molecule has 0 unspecified atom stereocenters. The molecule has 1 N–H and O–H groups in total. The number of nitrogens with one attached hydrogen (secondary N) is 1. The van der Waals surface area contributed by atoms with Crippen LogP contribution in [0, 0.1) is 12.7 Å². The minimum absolute atomic E-state index is 0.00759. The highest BCUT2D eigenvalue weighted by molar-refractivity contribution is 9.10. The van der Waals surface area contributed by atoms with Gasteiger partial charge in [-0.1, -0.05) is 17.7 Å². The number of benzene rings is 3. The molecule has 0 aliphatic rings. The molecular weight excluding hydrogens is 527 g/mol. The standard InChI is InChI=1S/C24H24BrFN2O5S/c1-17-3-7-19(8-4-17)28(34(30,31)21-11-12-23(32-2)22(25)15-21)16-24(29)27-13-14-33-20-9-5-18(26)6-10-20/h3-12,15H,13-14,16H2,1-2H3,(H,27,29). The van der Waals surface area contributed by atoms with Crippen molar-refractivity contribution in [2.45, 2.75) is 11.8 Å². The number of ether oxygens (including phenoxy) is 2. The Balaban J connectivity index is 1.74. The second kappa shape index (κ2) is 11.3. The lowest BCUT2D eigenvalue weighted by molar-refractivity contribution is -0.119. The number of hydrogen-bond donors (Lipinski definition) is 1. The molecule has 10 heteroatoms. The van der Waals surface area contributed by atoms with Crippen molar-refractivity contribution in [3.63, 3.8) is 0 Å². The Bertz CT molecular complexity index is 1240. The molecular formula is C24H24BrFN2O5S. The summed E-state index contributed by atoms with van der Waals surface area (Å²) in [4.78, 5) is 12.7. The van der Waals surface area contributed by atoms with Gasteiger partial charge < -0.3 is 14.8 Å². The summed E-state index contributed by atoms with van der Waals surface area (Å²) < 4.78 is 52.1. The molecule has 3 rings (SSSR count). The van der Waals surface area contributed by atoms with Gasteiger partial charge in [0, 0.05) is 0 Å². The smallest absolute Gasteiger partial charge is 0.264 e. The van der Waals surface area contributed by atoms with Crippen LogP contribution in [0.4, 0.5) is 10.1 Å². The third kappa shape index (κ3) is 6.48. The van der Waals surface area contributed by atoms with E-state index in [9.17, 15) is 17.6 Å². The number of anilines is 1. The molecule has 0 spiro atoms. The fourth-order valence-corrected chi connectivity index (χ4v) is 5.18. The number of methoxy groups -OCH3 is 1. The Hall–Kier alpha value is -3.11. The summed E-state index contributed by atoms with van der Waals surface area (Å²) in [5, 5.41) is 2.66. The average molecular weight is 551 g/mol. The first-order chi connectivity index (χ1) is 16.2. The van der Waals surface area contributed by atoms with Gasteiger partial charge in [-0.05, 0) is 77.5 Å². The van der Waals surface area contributed by atoms with E-state index in [-0.39, 0.29) is 23.9 Å². The molecule has 0 bridgehead atoms. The topological polar surface area (TPSA) is 84.9 Å². The first-order valence-corrected chi connectivity index (χ1v) is 12.5. The molecule has 0 fully saturated rings. The van der Waals surface area contributed by atoms with Crippen LogP contribution >= 0.6 is 15.9 Å². The van der Waals surface area contributed by atoms with Crippen molar-refractivity contribution in [3.05, 3.63) is 82.6 Å². The lowest BCUT2D eigenvalue weighted by Crippen LogP contribution is -2.41. The number of rotatable bonds is 10. The number of carbonyl (C=O) groups excluding carboxylic acids is 1. The zero-order valence-corrected chi connectivity index (χ0v) is 21.0. The van der Waals surface area contributed by atoms with Crippen molar-refractivity contribution in [1.82, 2.24) is 5.32 Å². The largest absolute Gasteiger partial charge is 0.496 e. The van der Waals surface area contributed by atoms with Gasteiger partial charge in [-0.3, -0.25) is 9.10 Å². The van der Waals surface area contributed by atoms with Crippen LogP contribution in [0.15, 0.2) is 76.1 Å². The molecule has 0 aromatic heterocycles. The molecule has 3 aromatic carbocycles. The molecule has 7 nitrogen and oxygen atoms in total. The first-order valence-electron chi connectivity index (χ1n) is 10.3. The van der Waals surface area contributed by atoms with E-state index in [1.54, 1.807) is 24.3 Å². The van der Waals surface area contributed by atoms with Crippen molar-refractivity contribution in [2.75, 3.05) is 31.1 Å². The maximum atomic E-state index is 13.5. The number of nitrogens with zero attached hydrogens (tertiary/aromatic N) is 1.